The van der Waals surface area contributed by atoms with E-state index in [9.17, 15) is 32.7 Å². The van der Waals surface area contributed by atoms with Gasteiger partial charge in [0.1, 0.15) is 11.7 Å². The van der Waals surface area contributed by atoms with Crippen LogP contribution >= 0.6 is 35.8 Å². The van der Waals surface area contributed by atoms with E-state index in [1.54, 1.807) is 0 Å². The Bertz CT molecular complexity index is 1130. The van der Waals surface area contributed by atoms with Gasteiger partial charge >= 0.3 is 12.1 Å². The van der Waals surface area contributed by atoms with Crippen LogP contribution in [0, 0.1) is 0 Å². The summed E-state index contributed by atoms with van der Waals surface area (Å²) in [5, 5.41) is 14.4. The molecule has 0 saturated carbocycles. The maximum atomic E-state index is 12.9. The van der Waals surface area contributed by atoms with Crippen molar-refractivity contribution >= 4 is 59.7 Å². The first-order valence-electron chi connectivity index (χ1n) is 9.51. The number of hydrogen-bond acceptors (Lipinski definition) is 4. The van der Waals surface area contributed by atoms with Gasteiger partial charge in [0.2, 0.25) is 0 Å². The fourth-order valence-electron chi connectivity index (χ4n) is 2.68. The molecule has 0 spiro atoms. The summed E-state index contributed by atoms with van der Waals surface area (Å²) in [6, 6.07) is 6.24. The van der Waals surface area contributed by atoms with Crippen molar-refractivity contribution in [3.63, 3.8) is 0 Å². The van der Waals surface area contributed by atoms with Gasteiger partial charge in [-0.25, -0.2) is 4.79 Å². The molecule has 6 nitrogen and oxygen atoms in total. The number of benzene rings is 2. The molecule has 0 aliphatic carbocycles. The molecule has 3 N–H and O–H groups in total. The minimum Gasteiger partial charge on any atom is -0.480 e. The number of hydrogen-bond donors (Lipinski definition) is 4. The molecule has 182 valence electrons. The summed E-state index contributed by atoms with van der Waals surface area (Å²) in [4.78, 5) is 37.2. The maximum Gasteiger partial charge on any atom is 0.416 e. The molecule has 0 saturated heterocycles. The van der Waals surface area contributed by atoms with E-state index < -0.39 is 40.3 Å². The van der Waals surface area contributed by atoms with Crippen LogP contribution < -0.4 is 10.6 Å². The topological polar surface area (TPSA) is 95.5 Å². The molecule has 0 fully saturated rings. The average Bonchev–Trinajstić information content (AvgIpc) is 2.72. The Balaban J connectivity index is 2.41. The lowest BCUT2D eigenvalue weighted by molar-refractivity contribution is -0.142. The first kappa shape index (κ1) is 27.6. The number of halogens is 5. The van der Waals surface area contributed by atoms with Gasteiger partial charge in [-0.05, 0) is 61.9 Å². The molecule has 2 amide bonds. The minimum atomic E-state index is -4.58. The van der Waals surface area contributed by atoms with Gasteiger partial charge in [-0.15, -0.1) is 0 Å². The smallest absolute Gasteiger partial charge is 0.416 e. The number of thiol groups is 1. The molecule has 0 heterocycles. The van der Waals surface area contributed by atoms with Crippen molar-refractivity contribution < 1.29 is 32.7 Å². The molecule has 34 heavy (non-hydrogen) atoms. The number of carbonyl (C=O) groups excluding carboxylic acids is 2. The SMILES string of the molecule is CC(C)(S)C(NC(=O)/C(=C\c1ccc(Cl)c(Cl)c1)NC(=O)c1ccc(C(F)(F)F)cc1)C(=O)O. The van der Waals surface area contributed by atoms with Gasteiger partial charge in [-0.2, -0.15) is 25.8 Å². The number of aliphatic carboxylic acids is 1. The molecule has 1 atom stereocenters. The average molecular weight is 535 g/mol. The van der Waals surface area contributed by atoms with E-state index in [1.165, 1.54) is 38.1 Å². The Hall–Kier alpha value is -2.69. The summed E-state index contributed by atoms with van der Waals surface area (Å²) in [6.07, 6.45) is -3.37. The van der Waals surface area contributed by atoms with Crippen LogP contribution in [0.3, 0.4) is 0 Å². The zero-order chi connectivity index (χ0) is 25.8. The highest BCUT2D eigenvalue weighted by atomic mass is 35.5. The molecule has 2 rings (SSSR count). The summed E-state index contributed by atoms with van der Waals surface area (Å²) >= 11 is 16.1. The Kier molecular flexibility index (Phi) is 8.68. The molecule has 0 aromatic heterocycles. The van der Waals surface area contributed by atoms with Crippen molar-refractivity contribution in [2.45, 2.75) is 30.8 Å². The molecule has 0 radical (unpaired) electrons. The molecule has 12 heteroatoms. The number of carboxylic acids is 1. The molecule has 0 bridgehead atoms. The molecule has 2 aromatic rings. The Labute approximate surface area is 208 Å². The number of nitrogens with one attached hydrogen (secondary N) is 2. The highest BCUT2D eigenvalue weighted by Crippen LogP contribution is 2.29. The van der Waals surface area contributed by atoms with Gasteiger partial charge < -0.3 is 15.7 Å². The highest BCUT2D eigenvalue weighted by molar-refractivity contribution is 7.81. The van der Waals surface area contributed by atoms with Gasteiger partial charge in [0.25, 0.3) is 11.8 Å². The summed E-state index contributed by atoms with van der Waals surface area (Å²) in [5.41, 5.74) is -1.16. The Morgan fingerprint density at radius 2 is 1.62 bits per heavy atom. The first-order valence-corrected chi connectivity index (χ1v) is 10.7. The largest absolute Gasteiger partial charge is 0.480 e. The molecule has 0 aliphatic heterocycles. The molecule has 0 aliphatic rings. The zero-order valence-electron chi connectivity index (χ0n) is 17.7. The normalized spacial score (nSPS) is 13.2. The number of carboxylic acid groups (broad SMARTS) is 1. The molecular formula is C22H19Cl2F3N2O4S. The second kappa shape index (κ2) is 10.7. The lowest BCUT2D eigenvalue weighted by Gasteiger charge is -2.27. The summed E-state index contributed by atoms with van der Waals surface area (Å²) in [5.74, 6) is -3.23. The van der Waals surface area contributed by atoms with E-state index >= 15 is 0 Å². The van der Waals surface area contributed by atoms with Crippen molar-refractivity contribution in [2.75, 3.05) is 0 Å². The standard InChI is InChI=1S/C22H19Cl2F3N2O4S/c1-21(2,34)17(20(32)33)29-19(31)16(10-11-3-8-14(23)15(24)9-11)28-18(30)12-4-6-13(7-5-12)22(25,26)27/h3-10,17,34H,1-2H3,(H,28,30)(H,29,31)(H,32,33)/b16-10+. The second-order valence-corrected chi connectivity index (χ2v) is 9.63. The van der Waals surface area contributed by atoms with Crippen LogP contribution in [0.25, 0.3) is 6.08 Å². The Morgan fingerprint density at radius 1 is 1.03 bits per heavy atom. The van der Waals surface area contributed by atoms with E-state index in [-0.39, 0.29) is 21.3 Å². The van der Waals surface area contributed by atoms with E-state index in [2.05, 4.69) is 23.3 Å². The lowest BCUT2D eigenvalue weighted by Crippen LogP contribution is -2.53. The van der Waals surface area contributed by atoms with Crippen LogP contribution in [0.5, 0.6) is 0 Å². The third-order valence-corrected chi connectivity index (χ3v) is 5.45. The zero-order valence-corrected chi connectivity index (χ0v) is 20.1. The second-order valence-electron chi connectivity index (χ2n) is 7.66. The summed E-state index contributed by atoms with van der Waals surface area (Å²) < 4.78 is 37.2. The number of rotatable bonds is 7. The van der Waals surface area contributed by atoms with Gasteiger partial charge in [0.15, 0.2) is 0 Å². The van der Waals surface area contributed by atoms with Crippen LogP contribution in [0.2, 0.25) is 10.0 Å². The fourth-order valence-corrected chi connectivity index (χ4v) is 3.16. The lowest BCUT2D eigenvalue weighted by atomic mass is 10.0. The van der Waals surface area contributed by atoms with E-state index in [1.807, 2.05) is 0 Å². The molecular weight excluding hydrogens is 516 g/mol. The van der Waals surface area contributed by atoms with Gasteiger partial charge in [-0.3, -0.25) is 9.59 Å². The van der Waals surface area contributed by atoms with Crippen molar-refractivity contribution in [2.24, 2.45) is 0 Å². The van der Waals surface area contributed by atoms with Crippen LogP contribution in [0.1, 0.15) is 35.3 Å². The fraction of sp³-hybridized carbons (Fsp3) is 0.227. The minimum absolute atomic E-state index is 0.157. The monoisotopic (exact) mass is 534 g/mol. The van der Waals surface area contributed by atoms with Crippen molar-refractivity contribution in [1.82, 2.24) is 10.6 Å². The number of alkyl halides is 3. The van der Waals surface area contributed by atoms with Gasteiger partial charge in [-0.1, -0.05) is 29.3 Å². The van der Waals surface area contributed by atoms with Crippen LogP contribution in [0.4, 0.5) is 13.2 Å². The quantitative estimate of drug-likeness (QED) is 0.295. The van der Waals surface area contributed by atoms with Crippen LogP contribution in [-0.4, -0.2) is 33.7 Å². The van der Waals surface area contributed by atoms with Gasteiger partial charge in [0.05, 0.1) is 15.6 Å². The van der Waals surface area contributed by atoms with Gasteiger partial charge in [0, 0.05) is 10.3 Å². The third-order valence-electron chi connectivity index (χ3n) is 4.45. The van der Waals surface area contributed by atoms with Crippen molar-refractivity contribution in [3.05, 3.63) is 74.9 Å². The van der Waals surface area contributed by atoms with Crippen molar-refractivity contribution in [3.8, 4) is 0 Å². The maximum absolute atomic E-state index is 12.9. The van der Waals surface area contributed by atoms with E-state index in [0.29, 0.717) is 5.56 Å². The molecule has 2 aromatic carbocycles. The van der Waals surface area contributed by atoms with Crippen LogP contribution in [-0.2, 0) is 15.8 Å². The predicted octanol–water partition coefficient (Wildman–Crippen LogP) is 5.06. The number of amides is 2. The van der Waals surface area contributed by atoms with E-state index in [4.69, 9.17) is 23.2 Å². The predicted molar refractivity (Wildman–Crippen MR) is 126 cm³/mol. The summed E-state index contributed by atoms with van der Waals surface area (Å²) in [6.45, 7) is 2.94. The Morgan fingerprint density at radius 3 is 2.09 bits per heavy atom. The third kappa shape index (κ3) is 7.41. The number of carbonyl (C=O) groups is 3. The van der Waals surface area contributed by atoms with Crippen molar-refractivity contribution in [1.29, 1.82) is 0 Å². The van der Waals surface area contributed by atoms with E-state index in [0.717, 1.165) is 24.3 Å². The summed E-state index contributed by atoms with van der Waals surface area (Å²) in [7, 11) is 0. The highest BCUT2D eigenvalue weighted by Gasteiger charge is 2.34. The molecule has 1 unspecified atom stereocenters. The van der Waals surface area contributed by atoms with Crippen LogP contribution in [0.15, 0.2) is 48.2 Å². The first-order chi connectivity index (χ1) is 15.6.